The first-order chi connectivity index (χ1) is 9.56. The summed E-state index contributed by atoms with van der Waals surface area (Å²) >= 11 is 0. The molecule has 0 aliphatic carbocycles. The zero-order valence-corrected chi connectivity index (χ0v) is 11.6. The molecule has 1 amide bonds. The molecule has 0 saturated heterocycles. The van der Waals surface area contributed by atoms with E-state index in [-0.39, 0.29) is 11.8 Å². The van der Waals surface area contributed by atoms with Crippen LogP contribution in [-0.4, -0.2) is 25.0 Å². The maximum Gasteiger partial charge on any atom is 0.295 e. The lowest BCUT2D eigenvalue weighted by atomic mass is 10.0. The van der Waals surface area contributed by atoms with Crippen molar-refractivity contribution in [2.24, 2.45) is 5.92 Å². The van der Waals surface area contributed by atoms with Gasteiger partial charge in [-0.15, -0.1) is 0 Å². The molecule has 0 aliphatic rings. The second kappa shape index (κ2) is 7.90. The molecule has 0 saturated carbocycles. The molecular formula is C16H17NO3. The first-order valence-electron chi connectivity index (χ1n) is 6.39. The second-order valence-electron chi connectivity index (χ2n) is 4.63. The Labute approximate surface area is 118 Å². The molecular weight excluding hydrogens is 254 g/mol. The normalized spacial score (nSPS) is 9.55. The Balaban J connectivity index is 2.55. The Morgan fingerprint density at radius 2 is 1.95 bits per heavy atom. The number of carbonyl (C=O) groups is 3. The minimum atomic E-state index is -0.307. The summed E-state index contributed by atoms with van der Waals surface area (Å²) < 4.78 is 0. The Morgan fingerprint density at radius 1 is 1.25 bits per heavy atom. The average Bonchev–Trinajstić information content (AvgIpc) is 2.44. The topological polar surface area (TPSA) is 63.2 Å². The lowest BCUT2D eigenvalue weighted by Gasteiger charge is -2.04. The van der Waals surface area contributed by atoms with Crippen LogP contribution in [0.25, 0.3) is 0 Å². The molecule has 1 N–H and O–H groups in total. The van der Waals surface area contributed by atoms with Gasteiger partial charge in [-0.3, -0.25) is 14.4 Å². The summed E-state index contributed by atoms with van der Waals surface area (Å²) in [5.74, 6) is 5.14. The van der Waals surface area contributed by atoms with Crippen LogP contribution in [0.15, 0.2) is 18.2 Å². The molecule has 0 spiro atoms. The van der Waals surface area contributed by atoms with Gasteiger partial charge in [-0.2, -0.15) is 0 Å². The van der Waals surface area contributed by atoms with E-state index in [0.29, 0.717) is 36.7 Å². The minimum absolute atomic E-state index is 0.159. The molecule has 4 heteroatoms. The molecule has 0 aliphatic heterocycles. The lowest BCUT2D eigenvalue weighted by molar-refractivity contribution is -0.115. The van der Waals surface area contributed by atoms with Gasteiger partial charge < -0.3 is 5.32 Å². The van der Waals surface area contributed by atoms with Gasteiger partial charge in [-0.1, -0.05) is 31.9 Å². The van der Waals surface area contributed by atoms with Gasteiger partial charge in [0.1, 0.15) is 0 Å². The van der Waals surface area contributed by atoms with Crippen LogP contribution in [0.1, 0.15) is 40.1 Å². The molecule has 0 aromatic heterocycles. The van der Waals surface area contributed by atoms with E-state index < -0.39 is 0 Å². The molecule has 1 rings (SSSR count). The number of hydrogen-bond donors (Lipinski definition) is 1. The quantitative estimate of drug-likeness (QED) is 0.654. The van der Waals surface area contributed by atoms with E-state index in [1.54, 1.807) is 18.2 Å². The van der Waals surface area contributed by atoms with E-state index in [1.807, 2.05) is 13.8 Å². The van der Waals surface area contributed by atoms with Crippen LogP contribution in [-0.2, 0) is 11.2 Å². The van der Waals surface area contributed by atoms with Crippen LogP contribution in [0.3, 0.4) is 0 Å². The molecule has 0 fully saturated rings. The summed E-state index contributed by atoms with van der Waals surface area (Å²) in [4.78, 5) is 32.9. The van der Waals surface area contributed by atoms with E-state index >= 15 is 0 Å². The van der Waals surface area contributed by atoms with Crippen molar-refractivity contribution in [2.45, 2.75) is 20.3 Å². The van der Waals surface area contributed by atoms with Crippen LogP contribution >= 0.6 is 0 Å². The van der Waals surface area contributed by atoms with E-state index in [0.717, 1.165) is 5.56 Å². The lowest BCUT2D eigenvalue weighted by Crippen LogP contribution is -2.24. The highest BCUT2D eigenvalue weighted by molar-refractivity contribution is 5.93. The van der Waals surface area contributed by atoms with E-state index in [2.05, 4.69) is 17.2 Å². The van der Waals surface area contributed by atoms with E-state index in [9.17, 15) is 14.4 Å². The first kappa shape index (κ1) is 15.6. The zero-order valence-electron chi connectivity index (χ0n) is 11.6. The fourth-order valence-corrected chi connectivity index (χ4v) is 1.56. The minimum Gasteiger partial charge on any atom is -0.345 e. The summed E-state index contributed by atoms with van der Waals surface area (Å²) in [5, 5.41) is 2.68. The van der Waals surface area contributed by atoms with Crippen LogP contribution in [0.5, 0.6) is 0 Å². The summed E-state index contributed by atoms with van der Waals surface area (Å²) in [6.45, 7) is 4.26. The van der Waals surface area contributed by atoms with Crippen molar-refractivity contribution in [3.8, 4) is 11.8 Å². The first-order valence-corrected chi connectivity index (χ1v) is 6.39. The molecule has 1 aromatic rings. The summed E-state index contributed by atoms with van der Waals surface area (Å²) in [7, 11) is 0. The van der Waals surface area contributed by atoms with Gasteiger partial charge in [-0.05, 0) is 24.0 Å². The zero-order chi connectivity index (χ0) is 15.0. The van der Waals surface area contributed by atoms with Crippen LogP contribution in [0.2, 0.25) is 0 Å². The monoisotopic (exact) mass is 271 g/mol. The largest absolute Gasteiger partial charge is 0.345 e. The van der Waals surface area contributed by atoms with Crippen molar-refractivity contribution >= 4 is 18.5 Å². The van der Waals surface area contributed by atoms with Gasteiger partial charge in [0.2, 0.25) is 0 Å². The van der Waals surface area contributed by atoms with Crippen LogP contribution in [0.4, 0.5) is 0 Å². The molecule has 0 radical (unpaired) electrons. The van der Waals surface area contributed by atoms with Crippen molar-refractivity contribution in [1.82, 2.24) is 5.32 Å². The van der Waals surface area contributed by atoms with Crippen molar-refractivity contribution < 1.29 is 14.4 Å². The molecule has 1 aromatic carbocycles. The Morgan fingerprint density at radius 3 is 2.55 bits per heavy atom. The maximum absolute atomic E-state index is 11.4. The molecule has 0 atom stereocenters. The summed E-state index contributed by atoms with van der Waals surface area (Å²) in [6.07, 6.45) is 1.88. The standard InChI is InChI=1S/C16H17NO3/c1-12(2)3-6-16(20)17-8-7-13-4-5-14(10-18)15(9-13)11-19/h4-5,9-12H,7-8H2,1-2H3,(H,17,20). The molecule has 4 nitrogen and oxygen atoms in total. The predicted molar refractivity (Wildman–Crippen MR) is 76.5 cm³/mol. The van der Waals surface area contributed by atoms with Gasteiger partial charge in [0.15, 0.2) is 12.6 Å². The molecule has 0 unspecified atom stereocenters. The van der Waals surface area contributed by atoms with Crippen LogP contribution in [0, 0.1) is 17.8 Å². The van der Waals surface area contributed by atoms with Gasteiger partial charge in [0, 0.05) is 23.6 Å². The second-order valence-corrected chi connectivity index (χ2v) is 4.63. The highest BCUT2D eigenvalue weighted by Gasteiger charge is 2.03. The van der Waals surface area contributed by atoms with Gasteiger partial charge in [0.25, 0.3) is 5.91 Å². The third-order valence-corrected chi connectivity index (χ3v) is 2.58. The highest BCUT2D eigenvalue weighted by atomic mass is 16.1. The molecule has 0 bridgehead atoms. The fraction of sp³-hybridized carbons (Fsp3) is 0.312. The van der Waals surface area contributed by atoms with Gasteiger partial charge >= 0.3 is 0 Å². The number of nitrogens with one attached hydrogen (secondary N) is 1. The number of carbonyl (C=O) groups excluding carboxylic acids is 3. The number of hydrogen-bond acceptors (Lipinski definition) is 3. The smallest absolute Gasteiger partial charge is 0.295 e. The Kier molecular flexibility index (Phi) is 6.18. The molecule has 104 valence electrons. The van der Waals surface area contributed by atoms with Gasteiger partial charge in [-0.25, -0.2) is 0 Å². The number of rotatable bonds is 5. The van der Waals surface area contributed by atoms with E-state index in [1.165, 1.54) is 0 Å². The van der Waals surface area contributed by atoms with Crippen molar-refractivity contribution in [3.05, 3.63) is 34.9 Å². The van der Waals surface area contributed by atoms with Crippen molar-refractivity contribution in [3.63, 3.8) is 0 Å². The third-order valence-electron chi connectivity index (χ3n) is 2.58. The van der Waals surface area contributed by atoms with Crippen LogP contribution < -0.4 is 5.32 Å². The Hall–Kier alpha value is -2.41. The molecule has 0 heterocycles. The van der Waals surface area contributed by atoms with Crippen molar-refractivity contribution in [2.75, 3.05) is 6.54 Å². The van der Waals surface area contributed by atoms with Crippen molar-refractivity contribution in [1.29, 1.82) is 0 Å². The maximum atomic E-state index is 11.4. The average molecular weight is 271 g/mol. The SMILES string of the molecule is CC(C)C#CC(=O)NCCc1ccc(C=O)c(C=O)c1. The number of amides is 1. The predicted octanol–water partition coefficient (Wildman–Crippen LogP) is 1.63. The summed E-state index contributed by atoms with van der Waals surface area (Å²) in [5.41, 5.74) is 1.62. The summed E-state index contributed by atoms with van der Waals surface area (Å²) in [6, 6.07) is 5.03. The fourth-order valence-electron chi connectivity index (χ4n) is 1.56. The Bertz CT molecular complexity index is 565. The number of aldehydes is 2. The third kappa shape index (κ3) is 5.07. The number of benzene rings is 1. The highest BCUT2D eigenvalue weighted by Crippen LogP contribution is 2.08. The molecule has 20 heavy (non-hydrogen) atoms. The van der Waals surface area contributed by atoms with Gasteiger partial charge in [0.05, 0.1) is 0 Å². The van der Waals surface area contributed by atoms with E-state index in [4.69, 9.17) is 0 Å².